The Labute approximate surface area is 277 Å². The van der Waals surface area contributed by atoms with Gasteiger partial charge in [0, 0.05) is 50.1 Å². The minimum absolute atomic E-state index is 0.0489. The van der Waals surface area contributed by atoms with Gasteiger partial charge in [-0.25, -0.2) is 18.3 Å². The van der Waals surface area contributed by atoms with Gasteiger partial charge in [-0.2, -0.15) is 31.4 Å². The summed E-state index contributed by atoms with van der Waals surface area (Å²) in [6.45, 7) is 1.85. The molecule has 2 amide bonds. The number of aromatic nitrogens is 3. The summed E-state index contributed by atoms with van der Waals surface area (Å²) in [6, 6.07) is -0.405. The van der Waals surface area contributed by atoms with Gasteiger partial charge in [0.2, 0.25) is 11.8 Å². The molecule has 1 aliphatic carbocycles. The number of imidazole rings is 1. The molecule has 49 heavy (non-hydrogen) atoms. The van der Waals surface area contributed by atoms with Crippen LogP contribution in [0.4, 0.5) is 35.1 Å². The van der Waals surface area contributed by atoms with Crippen LogP contribution in [0.5, 0.6) is 0 Å². The molecule has 2 aromatic rings. The minimum atomic E-state index is -4.57. The lowest BCUT2D eigenvalue weighted by atomic mass is 9.81. The van der Waals surface area contributed by atoms with Crippen LogP contribution < -0.4 is 16.0 Å². The molecule has 1 saturated carbocycles. The Morgan fingerprint density at radius 3 is 2.51 bits per heavy atom. The van der Waals surface area contributed by atoms with Crippen molar-refractivity contribution in [2.45, 2.75) is 82.7 Å². The van der Waals surface area contributed by atoms with Crippen molar-refractivity contribution in [2.24, 2.45) is 17.8 Å². The number of fused-ring (bicyclic) bond motifs is 1. The van der Waals surface area contributed by atoms with Gasteiger partial charge in [0.15, 0.2) is 11.3 Å². The molecular formula is C31H41F8N8O2+. The van der Waals surface area contributed by atoms with Crippen molar-refractivity contribution < 1.29 is 50.0 Å². The number of nitrogens with zero attached hydrogens (tertiary/aromatic N) is 4. The molecule has 0 unspecified atom stereocenters. The maximum Gasteiger partial charge on any atom is 0.401 e. The summed E-state index contributed by atoms with van der Waals surface area (Å²) >= 11 is 0. The van der Waals surface area contributed by atoms with E-state index in [1.165, 1.54) is 36.8 Å². The van der Waals surface area contributed by atoms with Crippen LogP contribution in [0.1, 0.15) is 75.0 Å². The van der Waals surface area contributed by atoms with Crippen molar-refractivity contribution in [3.8, 4) is 0 Å². The van der Waals surface area contributed by atoms with E-state index in [2.05, 4.69) is 20.7 Å². The molecule has 10 nitrogen and oxygen atoms in total. The van der Waals surface area contributed by atoms with E-state index in [-0.39, 0.29) is 47.6 Å². The second kappa shape index (κ2) is 15.1. The van der Waals surface area contributed by atoms with E-state index in [0.717, 1.165) is 11.1 Å². The lowest BCUT2D eigenvalue weighted by Crippen LogP contribution is -2.83. The summed E-state index contributed by atoms with van der Waals surface area (Å²) in [5.74, 6) is -7.52. The predicted octanol–water partition coefficient (Wildman–Crippen LogP) is 4.24. The van der Waals surface area contributed by atoms with Crippen molar-refractivity contribution in [1.82, 2.24) is 30.1 Å². The van der Waals surface area contributed by atoms with Gasteiger partial charge < -0.3 is 21.4 Å². The number of carbonyl (C=O) groups excluding carboxylic acids is 2. The van der Waals surface area contributed by atoms with E-state index in [1.54, 1.807) is 12.2 Å². The van der Waals surface area contributed by atoms with Gasteiger partial charge in [-0.3, -0.25) is 14.5 Å². The first-order chi connectivity index (χ1) is 22.8. The summed E-state index contributed by atoms with van der Waals surface area (Å²) in [4.78, 5) is 31.6. The first-order valence-electron chi connectivity index (χ1n) is 16.0. The number of piperidine rings is 1. The van der Waals surface area contributed by atoms with Crippen LogP contribution in [-0.4, -0.2) is 82.5 Å². The second-order valence-electron chi connectivity index (χ2n) is 12.9. The average molecular weight is 710 g/mol. The highest BCUT2D eigenvalue weighted by Gasteiger charge is 2.45. The zero-order valence-electron chi connectivity index (χ0n) is 27.3. The molecule has 4 atom stereocenters. The van der Waals surface area contributed by atoms with Gasteiger partial charge in [0.1, 0.15) is 0 Å². The molecule has 3 heterocycles. The molecule has 18 heteroatoms. The standard InChI is InChI=1S/C31H40F8N8O2/c1-4-41-22(7-10-40)28(49)44-26(18-5-8-29(32,33)9-6-18)24-15-47-25(43-24)13-21(17(2)46(3)16-30(34,35)36)23(45-47)12-19-11-20(31(37,38)39)14-42-27(19)48/h7,10,13,15,17-20,26,40-41H,4-6,8-9,11-12,14,16H2,1-3H3,(H,42,48)(H,44,49)/p+1/b22-7-,40-10?/t17-,19-,20-,26+/m1/s1. The zero-order chi connectivity index (χ0) is 36.3. The number of likely N-dealkylation sites (N-methyl/N-ethyl adjacent to an activating group) is 1. The Morgan fingerprint density at radius 2 is 1.92 bits per heavy atom. The van der Waals surface area contributed by atoms with Gasteiger partial charge in [0.05, 0.1) is 42.6 Å². The Balaban J connectivity index is 1.78. The first kappa shape index (κ1) is 38.1. The van der Waals surface area contributed by atoms with Crippen LogP contribution in [0.3, 0.4) is 0 Å². The minimum Gasteiger partial charge on any atom is -0.355 e. The van der Waals surface area contributed by atoms with Crippen LogP contribution in [0.25, 0.3) is 5.65 Å². The van der Waals surface area contributed by atoms with E-state index in [1.807, 2.05) is 0 Å². The van der Waals surface area contributed by atoms with Crippen LogP contribution in [0, 0.1) is 23.2 Å². The maximum atomic E-state index is 14.1. The SMILES string of the molecule is CC[NH2+]/C(=C\C=N)C(=O)N[C@H](c1cn2nc(C[C@H]3C[C@@H](C(F)(F)F)CNC3=O)c([C@@H](C)N(C)CC(F)(F)F)cc2n1)C1CCC(F)(F)CC1. The number of quaternary nitrogens is 1. The van der Waals surface area contributed by atoms with Gasteiger partial charge >= 0.3 is 18.3 Å². The van der Waals surface area contributed by atoms with Crippen molar-refractivity contribution in [1.29, 1.82) is 5.41 Å². The lowest BCUT2D eigenvalue weighted by molar-refractivity contribution is -0.597. The number of hydrogen-bond donors (Lipinski definition) is 4. The third-order valence-corrected chi connectivity index (χ3v) is 9.27. The average Bonchev–Trinajstić information content (AvgIpc) is 3.41. The number of hydrogen-bond acceptors (Lipinski definition) is 6. The number of rotatable bonds is 12. The van der Waals surface area contributed by atoms with E-state index in [4.69, 9.17) is 5.41 Å². The monoisotopic (exact) mass is 709 g/mol. The summed E-state index contributed by atoms with van der Waals surface area (Å²) < 4.78 is 110. The second-order valence-corrected chi connectivity index (χ2v) is 12.9. The number of nitrogens with two attached hydrogens (primary N) is 1. The number of allylic oxidation sites excluding steroid dienone is 1. The van der Waals surface area contributed by atoms with Crippen LogP contribution in [-0.2, 0) is 16.0 Å². The van der Waals surface area contributed by atoms with Crippen LogP contribution in [0.2, 0.25) is 0 Å². The molecule has 5 N–H and O–H groups in total. The van der Waals surface area contributed by atoms with Crippen molar-refractivity contribution in [3.63, 3.8) is 0 Å². The fourth-order valence-corrected chi connectivity index (χ4v) is 6.48. The Hall–Kier alpha value is -3.67. The molecule has 272 valence electrons. The normalized spacial score (nSPS) is 22.2. The molecule has 1 aliphatic heterocycles. The molecule has 0 radical (unpaired) electrons. The molecule has 2 fully saturated rings. The van der Waals surface area contributed by atoms with Crippen molar-refractivity contribution in [2.75, 3.05) is 26.7 Å². The summed E-state index contributed by atoms with van der Waals surface area (Å²) in [5.41, 5.74) is 0.851. The smallest absolute Gasteiger partial charge is 0.355 e. The van der Waals surface area contributed by atoms with E-state index < -0.39 is 92.3 Å². The van der Waals surface area contributed by atoms with Gasteiger partial charge in [-0.1, -0.05) is 0 Å². The van der Waals surface area contributed by atoms with E-state index in [0.29, 0.717) is 6.54 Å². The van der Waals surface area contributed by atoms with E-state index in [9.17, 15) is 44.7 Å². The number of amides is 2. The molecule has 0 aromatic carbocycles. The first-order valence-corrected chi connectivity index (χ1v) is 16.0. The highest BCUT2D eigenvalue weighted by molar-refractivity contribution is 5.94. The molecule has 0 spiro atoms. The molecule has 2 aliphatic rings. The highest BCUT2D eigenvalue weighted by atomic mass is 19.4. The van der Waals surface area contributed by atoms with Gasteiger partial charge in [-0.05, 0) is 57.7 Å². The molecule has 1 saturated heterocycles. The Morgan fingerprint density at radius 1 is 1.24 bits per heavy atom. The van der Waals surface area contributed by atoms with Crippen molar-refractivity contribution >= 4 is 23.7 Å². The maximum absolute atomic E-state index is 14.1. The fraction of sp³-hybridized carbons (Fsp3) is 0.645. The highest BCUT2D eigenvalue weighted by Crippen LogP contribution is 2.42. The topological polar surface area (TPSA) is 132 Å². The quantitative estimate of drug-likeness (QED) is 0.149. The Bertz CT molecular complexity index is 1530. The lowest BCUT2D eigenvalue weighted by Gasteiger charge is -2.33. The van der Waals surface area contributed by atoms with Gasteiger partial charge in [-0.15, -0.1) is 0 Å². The van der Waals surface area contributed by atoms with E-state index >= 15 is 0 Å². The molecule has 4 rings (SSSR count). The number of alkyl halides is 8. The third-order valence-electron chi connectivity index (χ3n) is 9.27. The molecular weight excluding hydrogens is 668 g/mol. The summed E-state index contributed by atoms with van der Waals surface area (Å²) in [6.07, 6.45) is -7.04. The zero-order valence-corrected chi connectivity index (χ0v) is 27.3. The number of nitrogens with one attached hydrogen (secondary N) is 3. The largest absolute Gasteiger partial charge is 0.401 e. The number of carbonyl (C=O) groups is 2. The van der Waals surface area contributed by atoms with Crippen molar-refractivity contribution in [3.05, 3.63) is 41.0 Å². The number of halogens is 8. The molecule has 0 bridgehead atoms. The van der Waals surface area contributed by atoms with Gasteiger partial charge in [0.25, 0.3) is 0 Å². The summed E-state index contributed by atoms with van der Waals surface area (Å²) in [5, 5.41) is 18.7. The van der Waals surface area contributed by atoms with Crippen LogP contribution >= 0.6 is 0 Å². The van der Waals surface area contributed by atoms with Crippen LogP contribution in [0.15, 0.2) is 24.0 Å². The molecule has 2 aromatic heterocycles. The fourth-order valence-electron chi connectivity index (χ4n) is 6.48. The third kappa shape index (κ3) is 9.73. The predicted molar refractivity (Wildman–Crippen MR) is 162 cm³/mol. The summed E-state index contributed by atoms with van der Waals surface area (Å²) in [7, 11) is 1.23. The Kier molecular flexibility index (Phi) is 11.7.